The van der Waals surface area contributed by atoms with Gasteiger partial charge < -0.3 is 4.74 Å². The maximum Gasteiger partial charge on any atom is 0.168 e. The van der Waals surface area contributed by atoms with E-state index >= 15 is 0 Å². The van der Waals surface area contributed by atoms with Gasteiger partial charge in [0.15, 0.2) is 11.6 Å². The first-order chi connectivity index (χ1) is 8.20. The van der Waals surface area contributed by atoms with Crippen molar-refractivity contribution in [1.82, 2.24) is 4.98 Å². The summed E-state index contributed by atoms with van der Waals surface area (Å²) in [4.78, 5) is 3.84. The van der Waals surface area contributed by atoms with Crippen molar-refractivity contribution in [2.75, 3.05) is 0 Å². The Morgan fingerprint density at radius 1 is 1.29 bits per heavy atom. The van der Waals surface area contributed by atoms with Crippen LogP contribution in [-0.4, -0.2) is 4.98 Å². The van der Waals surface area contributed by atoms with Gasteiger partial charge in [0.2, 0.25) is 0 Å². The number of rotatable bonds is 2. The second-order valence-electron chi connectivity index (χ2n) is 3.48. The molecule has 0 amide bonds. The molecule has 17 heavy (non-hydrogen) atoms. The van der Waals surface area contributed by atoms with Crippen molar-refractivity contribution in [3.05, 3.63) is 53.6 Å². The molecule has 3 nitrogen and oxygen atoms in total. The summed E-state index contributed by atoms with van der Waals surface area (Å²) in [6.07, 6.45) is 1.39. The number of hydrogen-bond donors (Lipinski definition) is 0. The lowest BCUT2D eigenvalue weighted by atomic mass is 10.2. The molecule has 0 fully saturated rings. The van der Waals surface area contributed by atoms with Gasteiger partial charge in [-0.15, -0.1) is 0 Å². The third-order valence-corrected chi connectivity index (χ3v) is 2.24. The van der Waals surface area contributed by atoms with Crippen molar-refractivity contribution in [2.24, 2.45) is 0 Å². The quantitative estimate of drug-likeness (QED) is 0.792. The topological polar surface area (TPSA) is 45.9 Å². The molecule has 1 heterocycles. The number of hydrogen-bond acceptors (Lipinski definition) is 3. The molecule has 4 heteroatoms. The molecule has 2 aromatic rings. The summed E-state index contributed by atoms with van der Waals surface area (Å²) in [5.74, 6) is 0.155. The van der Waals surface area contributed by atoms with E-state index in [0.717, 1.165) is 0 Å². The van der Waals surface area contributed by atoms with Crippen molar-refractivity contribution in [3.63, 3.8) is 0 Å². The van der Waals surface area contributed by atoms with Gasteiger partial charge in [0.05, 0.1) is 6.20 Å². The Morgan fingerprint density at radius 3 is 2.76 bits per heavy atom. The van der Waals surface area contributed by atoms with Crippen molar-refractivity contribution < 1.29 is 9.13 Å². The number of aryl methyl sites for hydroxylation is 1. The molecule has 84 valence electrons. The van der Waals surface area contributed by atoms with E-state index in [2.05, 4.69) is 4.98 Å². The number of pyridine rings is 1. The molecular formula is C13H9FN2O. The van der Waals surface area contributed by atoms with Crippen LogP contribution in [0, 0.1) is 24.1 Å². The van der Waals surface area contributed by atoms with Crippen LogP contribution in [0.5, 0.6) is 11.5 Å². The van der Waals surface area contributed by atoms with Gasteiger partial charge in [-0.3, -0.25) is 0 Å². The lowest BCUT2D eigenvalue weighted by Gasteiger charge is -2.07. The van der Waals surface area contributed by atoms with E-state index in [-0.39, 0.29) is 5.75 Å². The summed E-state index contributed by atoms with van der Waals surface area (Å²) in [7, 11) is 0. The summed E-state index contributed by atoms with van der Waals surface area (Å²) in [5, 5.41) is 8.59. The van der Waals surface area contributed by atoms with E-state index < -0.39 is 5.82 Å². The summed E-state index contributed by atoms with van der Waals surface area (Å²) >= 11 is 0. The van der Waals surface area contributed by atoms with E-state index in [4.69, 9.17) is 10.00 Å². The SMILES string of the molecule is Cc1cccc(Oc2ccc(C#N)nc2)c1F. The Kier molecular flexibility index (Phi) is 3.01. The van der Waals surface area contributed by atoms with Gasteiger partial charge in [-0.05, 0) is 30.7 Å². The monoisotopic (exact) mass is 228 g/mol. The first-order valence-electron chi connectivity index (χ1n) is 5.00. The van der Waals surface area contributed by atoms with E-state index in [1.54, 1.807) is 31.2 Å². The van der Waals surface area contributed by atoms with Gasteiger partial charge in [-0.2, -0.15) is 5.26 Å². The van der Waals surface area contributed by atoms with Crippen molar-refractivity contribution >= 4 is 0 Å². The number of nitriles is 1. The minimum absolute atomic E-state index is 0.150. The van der Waals surface area contributed by atoms with Crippen LogP contribution < -0.4 is 4.74 Å². The highest BCUT2D eigenvalue weighted by molar-refractivity contribution is 5.35. The number of nitrogens with zero attached hydrogens (tertiary/aromatic N) is 2. The summed E-state index contributed by atoms with van der Waals surface area (Å²) in [6, 6.07) is 9.91. The zero-order valence-electron chi connectivity index (χ0n) is 9.14. The molecule has 1 aromatic carbocycles. The van der Waals surface area contributed by atoms with Crippen molar-refractivity contribution in [1.29, 1.82) is 5.26 Å². The molecule has 0 saturated heterocycles. The van der Waals surface area contributed by atoms with Crippen LogP contribution >= 0.6 is 0 Å². The lowest BCUT2D eigenvalue weighted by Crippen LogP contribution is -1.91. The average molecular weight is 228 g/mol. The van der Waals surface area contributed by atoms with Crippen LogP contribution in [0.4, 0.5) is 4.39 Å². The minimum atomic E-state index is -0.392. The molecule has 0 atom stereocenters. The van der Waals surface area contributed by atoms with E-state index in [1.807, 2.05) is 6.07 Å². The standard InChI is InChI=1S/C13H9FN2O/c1-9-3-2-4-12(13(9)14)17-11-6-5-10(7-15)16-8-11/h2-6,8H,1H3. The molecular weight excluding hydrogens is 219 g/mol. The molecule has 0 bridgehead atoms. The number of ether oxygens (including phenoxy) is 1. The predicted octanol–water partition coefficient (Wildman–Crippen LogP) is 3.19. The van der Waals surface area contributed by atoms with E-state index in [9.17, 15) is 4.39 Å². The predicted molar refractivity (Wildman–Crippen MR) is 60.2 cm³/mol. The molecule has 0 aliphatic rings. The summed E-state index contributed by atoms with van der Waals surface area (Å²) in [5.41, 5.74) is 0.811. The second-order valence-corrected chi connectivity index (χ2v) is 3.48. The maximum atomic E-state index is 13.6. The third kappa shape index (κ3) is 2.40. The largest absolute Gasteiger partial charge is 0.453 e. The van der Waals surface area contributed by atoms with Gasteiger partial charge in [-0.25, -0.2) is 9.37 Å². The van der Waals surface area contributed by atoms with Gasteiger partial charge in [0.1, 0.15) is 17.5 Å². The molecule has 0 spiro atoms. The maximum absolute atomic E-state index is 13.6. The van der Waals surface area contributed by atoms with Crippen LogP contribution in [0.2, 0.25) is 0 Å². The molecule has 0 aliphatic heterocycles. The Morgan fingerprint density at radius 2 is 2.12 bits per heavy atom. The smallest absolute Gasteiger partial charge is 0.168 e. The molecule has 0 unspecified atom stereocenters. The zero-order chi connectivity index (χ0) is 12.3. The van der Waals surface area contributed by atoms with Crippen LogP contribution in [0.3, 0.4) is 0 Å². The molecule has 1 aromatic heterocycles. The minimum Gasteiger partial charge on any atom is -0.453 e. The van der Waals surface area contributed by atoms with Crippen LogP contribution in [0.25, 0.3) is 0 Å². The molecule has 2 rings (SSSR count). The Balaban J connectivity index is 2.26. The Labute approximate surface area is 98.1 Å². The third-order valence-electron chi connectivity index (χ3n) is 2.24. The second kappa shape index (κ2) is 4.62. The van der Waals surface area contributed by atoms with E-state index in [0.29, 0.717) is 17.0 Å². The van der Waals surface area contributed by atoms with Crippen LogP contribution in [-0.2, 0) is 0 Å². The van der Waals surface area contributed by atoms with Crippen molar-refractivity contribution in [3.8, 4) is 17.6 Å². The fraction of sp³-hybridized carbons (Fsp3) is 0.0769. The van der Waals surface area contributed by atoms with Gasteiger partial charge in [0, 0.05) is 0 Å². The number of benzene rings is 1. The highest BCUT2D eigenvalue weighted by Crippen LogP contribution is 2.25. The van der Waals surface area contributed by atoms with Crippen LogP contribution in [0.15, 0.2) is 36.5 Å². The average Bonchev–Trinajstić information content (AvgIpc) is 2.36. The first-order valence-corrected chi connectivity index (χ1v) is 5.00. The highest BCUT2D eigenvalue weighted by Gasteiger charge is 2.07. The number of halogens is 1. The van der Waals surface area contributed by atoms with Gasteiger partial charge >= 0.3 is 0 Å². The normalized spacial score (nSPS) is 9.71. The van der Waals surface area contributed by atoms with Crippen LogP contribution in [0.1, 0.15) is 11.3 Å². The van der Waals surface area contributed by atoms with E-state index in [1.165, 1.54) is 12.3 Å². The Bertz CT molecular complexity index is 573. The molecule has 0 aliphatic carbocycles. The molecule has 0 radical (unpaired) electrons. The van der Waals surface area contributed by atoms with Crippen molar-refractivity contribution in [2.45, 2.75) is 6.92 Å². The van der Waals surface area contributed by atoms with Gasteiger partial charge in [0.25, 0.3) is 0 Å². The number of aromatic nitrogens is 1. The molecule has 0 saturated carbocycles. The zero-order valence-corrected chi connectivity index (χ0v) is 9.14. The highest BCUT2D eigenvalue weighted by atomic mass is 19.1. The Hall–Kier alpha value is -2.41. The lowest BCUT2D eigenvalue weighted by molar-refractivity contribution is 0.438. The summed E-state index contributed by atoms with van der Waals surface area (Å²) in [6.45, 7) is 1.67. The fourth-order valence-electron chi connectivity index (χ4n) is 1.33. The fourth-order valence-corrected chi connectivity index (χ4v) is 1.33. The summed E-state index contributed by atoms with van der Waals surface area (Å²) < 4.78 is 19.0. The van der Waals surface area contributed by atoms with Gasteiger partial charge in [-0.1, -0.05) is 12.1 Å². The molecule has 0 N–H and O–H groups in total. The first kappa shape index (κ1) is 11.1.